The van der Waals surface area contributed by atoms with Crippen LogP contribution >= 0.6 is 0 Å². The number of para-hydroxylation sites is 1. The molecular formula is C37H42N4O5. The van der Waals surface area contributed by atoms with E-state index in [4.69, 9.17) is 28.9 Å². The Morgan fingerprint density at radius 3 is 2.39 bits per heavy atom. The standard InChI is InChI=1S/C37H42N4O5/c1-7-8-13-34-39-30-20-21-33(38-23-27-18-19-28(43-5)22-32(27)44-6)40-35(30)41(34)24-25-14-16-26(17-15-25)29-11-9-10-12-31(29)45-36(42)46-37(2,3)4/h9-12,14-22H,7-8,13,23-24H2,1-6H3,(H,38,40). The van der Waals surface area contributed by atoms with Crippen molar-refractivity contribution in [3.05, 3.63) is 95.8 Å². The van der Waals surface area contributed by atoms with E-state index >= 15 is 0 Å². The van der Waals surface area contributed by atoms with Crippen molar-refractivity contribution >= 4 is 23.1 Å². The average Bonchev–Trinajstić information content (AvgIpc) is 3.38. The lowest BCUT2D eigenvalue weighted by atomic mass is 10.0. The summed E-state index contributed by atoms with van der Waals surface area (Å²) in [5, 5.41) is 3.45. The number of nitrogens with zero attached hydrogens (tertiary/aromatic N) is 3. The van der Waals surface area contributed by atoms with Crippen molar-refractivity contribution in [2.24, 2.45) is 0 Å². The third-order valence-electron chi connectivity index (χ3n) is 7.45. The van der Waals surface area contributed by atoms with E-state index in [0.717, 1.165) is 75.8 Å². The molecule has 0 saturated heterocycles. The van der Waals surface area contributed by atoms with Crippen LogP contribution in [0.5, 0.6) is 17.2 Å². The summed E-state index contributed by atoms with van der Waals surface area (Å²) in [6.45, 7) is 8.77. The van der Waals surface area contributed by atoms with Gasteiger partial charge in [0.15, 0.2) is 5.65 Å². The fraction of sp³-hybridized carbons (Fsp3) is 0.324. The van der Waals surface area contributed by atoms with Crippen LogP contribution in [0, 0.1) is 0 Å². The third-order valence-corrected chi connectivity index (χ3v) is 7.45. The predicted molar refractivity (Wildman–Crippen MR) is 181 cm³/mol. The van der Waals surface area contributed by atoms with E-state index in [0.29, 0.717) is 18.8 Å². The highest BCUT2D eigenvalue weighted by Gasteiger charge is 2.20. The fourth-order valence-corrected chi connectivity index (χ4v) is 5.15. The molecule has 5 aromatic rings. The van der Waals surface area contributed by atoms with Gasteiger partial charge in [-0.25, -0.2) is 14.8 Å². The summed E-state index contributed by atoms with van der Waals surface area (Å²) in [7, 11) is 3.29. The number of unbranched alkanes of at least 4 members (excludes halogenated alkanes) is 1. The van der Waals surface area contributed by atoms with E-state index < -0.39 is 11.8 Å². The Hall–Kier alpha value is -5.05. The fourth-order valence-electron chi connectivity index (χ4n) is 5.15. The maximum atomic E-state index is 12.4. The molecule has 0 aliphatic heterocycles. The monoisotopic (exact) mass is 622 g/mol. The molecule has 46 heavy (non-hydrogen) atoms. The van der Waals surface area contributed by atoms with Crippen LogP contribution in [0.25, 0.3) is 22.3 Å². The van der Waals surface area contributed by atoms with E-state index in [9.17, 15) is 4.79 Å². The van der Waals surface area contributed by atoms with Gasteiger partial charge in [0.1, 0.15) is 40.0 Å². The van der Waals surface area contributed by atoms with Gasteiger partial charge in [-0.05, 0) is 68.7 Å². The number of anilines is 1. The Morgan fingerprint density at radius 2 is 1.67 bits per heavy atom. The maximum Gasteiger partial charge on any atom is 0.514 e. The molecule has 3 aromatic carbocycles. The van der Waals surface area contributed by atoms with Gasteiger partial charge in [-0.1, -0.05) is 55.8 Å². The molecule has 0 unspecified atom stereocenters. The first-order valence-corrected chi connectivity index (χ1v) is 15.6. The first kappa shape index (κ1) is 32.3. The lowest BCUT2D eigenvalue weighted by Crippen LogP contribution is -2.26. The van der Waals surface area contributed by atoms with Crippen LogP contribution in [0.15, 0.2) is 78.9 Å². The van der Waals surface area contributed by atoms with Crippen LogP contribution in [0.3, 0.4) is 0 Å². The quantitative estimate of drug-likeness (QED) is 0.109. The number of methoxy groups -OCH3 is 2. The second-order valence-corrected chi connectivity index (χ2v) is 12.0. The second kappa shape index (κ2) is 14.4. The number of imidazole rings is 1. The largest absolute Gasteiger partial charge is 0.514 e. The van der Waals surface area contributed by atoms with E-state index in [1.165, 1.54) is 0 Å². The molecule has 0 spiro atoms. The molecule has 0 bridgehead atoms. The summed E-state index contributed by atoms with van der Waals surface area (Å²) in [4.78, 5) is 22.3. The number of rotatable bonds is 12. The molecule has 0 saturated carbocycles. The van der Waals surface area contributed by atoms with Gasteiger partial charge in [-0.3, -0.25) is 0 Å². The summed E-state index contributed by atoms with van der Waals surface area (Å²) >= 11 is 0. The van der Waals surface area contributed by atoms with Crippen LogP contribution in [-0.4, -0.2) is 40.5 Å². The summed E-state index contributed by atoms with van der Waals surface area (Å²) in [5.74, 6) is 3.71. The second-order valence-electron chi connectivity index (χ2n) is 12.0. The molecule has 0 atom stereocenters. The van der Waals surface area contributed by atoms with Gasteiger partial charge in [0, 0.05) is 30.2 Å². The van der Waals surface area contributed by atoms with Crippen molar-refractivity contribution in [1.29, 1.82) is 0 Å². The van der Waals surface area contributed by atoms with Gasteiger partial charge in [0.2, 0.25) is 0 Å². The molecule has 0 fully saturated rings. The SMILES string of the molecule is CCCCc1nc2ccc(NCc3ccc(OC)cc3OC)nc2n1Cc1ccc(-c2ccccc2OC(=O)OC(C)(C)C)cc1. The van der Waals surface area contributed by atoms with E-state index in [1.807, 2.05) is 81.4 Å². The Labute approximate surface area is 270 Å². The molecule has 2 aromatic heterocycles. The number of pyridine rings is 1. The number of nitrogens with one attached hydrogen (secondary N) is 1. The van der Waals surface area contributed by atoms with Crippen LogP contribution in [0.2, 0.25) is 0 Å². The van der Waals surface area contributed by atoms with E-state index in [1.54, 1.807) is 20.3 Å². The zero-order valence-corrected chi connectivity index (χ0v) is 27.4. The third kappa shape index (κ3) is 7.96. The van der Waals surface area contributed by atoms with E-state index in [-0.39, 0.29) is 0 Å². The number of carbonyl (C=O) groups excluding carboxylic acids is 1. The van der Waals surface area contributed by atoms with Crippen molar-refractivity contribution in [2.75, 3.05) is 19.5 Å². The topological polar surface area (TPSA) is 96.7 Å². The number of hydrogen-bond donors (Lipinski definition) is 1. The molecular weight excluding hydrogens is 580 g/mol. The normalized spacial score (nSPS) is 11.3. The van der Waals surface area contributed by atoms with Crippen molar-refractivity contribution in [3.8, 4) is 28.4 Å². The molecule has 0 aliphatic rings. The molecule has 240 valence electrons. The number of aromatic nitrogens is 3. The molecule has 5 rings (SSSR count). The molecule has 9 heteroatoms. The number of fused-ring (bicyclic) bond motifs is 1. The molecule has 0 aliphatic carbocycles. The minimum Gasteiger partial charge on any atom is -0.497 e. The van der Waals surface area contributed by atoms with E-state index in [2.05, 4.69) is 28.9 Å². The number of carbonyl (C=O) groups is 1. The lowest BCUT2D eigenvalue weighted by Gasteiger charge is -2.19. The van der Waals surface area contributed by atoms with Crippen molar-refractivity contribution in [1.82, 2.24) is 14.5 Å². The molecule has 2 heterocycles. The average molecular weight is 623 g/mol. The zero-order chi connectivity index (χ0) is 32.7. The van der Waals surface area contributed by atoms with Gasteiger partial charge >= 0.3 is 6.16 Å². The molecule has 9 nitrogen and oxygen atoms in total. The van der Waals surface area contributed by atoms with Gasteiger partial charge in [-0.15, -0.1) is 0 Å². The van der Waals surface area contributed by atoms with Crippen LogP contribution in [0.4, 0.5) is 10.6 Å². The van der Waals surface area contributed by atoms with Crippen LogP contribution in [-0.2, 0) is 24.2 Å². The minimum atomic E-state index is -0.729. The molecule has 0 amide bonds. The minimum absolute atomic E-state index is 0.448. The maximum absolute atomic E-state index is 12.4. The Morgan fingerprint density at radius 1 is 0.891 bits per heavy atom. The first-order valence-electron chi connectivity index (χ1n) is 15.6. The van der Waals surface area contributed by atoms with Gasteiger partial charge in [0.25, 0.3) is 0 Å². The summed E-state index contributed by atoms with van der Waals surface area (Å²) in [6.07, 6.45) is 2.25. The zero-order valence-electron chi connectivity index (χ0n) is 27.4. The van der Waals surface area contributed by atoms with Crippen molar-refractivity contribution < 1.29 is 23.7 Å². The summed E-state index contributed by atoms with van der Waals surface area (Å²) < 4.78 is 24.0. The Balaban J connectivity index is 1.38. The van der Waals surface area contributed by atoms with Crippen LogP contribution in [0.1, 0.15) is 57.5 Å². The number of ether oxygens (including phenoxy) is 4. The highest BCUT2D eigenvalue weighted by molar-refractivity contribution is 5.76. The summed E-state index contributed by atoms with van der Waals surface area (Å²) in [6, 6.07) is 25.5. The van der Waals surface area contributed by atoms with Gasteiger partial charge in [0.05, 0.1) is 20.8 Å². The van der Waals surface area contributed by atoms with Crippen molar-refractivity contribution in [2.45, 2.75) is 65.6 Å². The Bertz CT molecular complexity index is 1790. The number of aryl methyl sites for hydroxylation is 1. The predicted octanol–water partition coefficient (Wildman–Crippen LogP) is 8.43. The Kier molecular flexibility index (Phi) is 10.1. The number of benzene rings is 3. The highest BCUT2D eigenvalue weighted by atomic mass is 16.7. The molecule has 0 radical (unpaired) electrons. The smallest absolute Gasteiger partial charge is 0.497 e. The van der Waals surface area contributed by atoms with Crippen molar-refractivity contribution in [3.63, 3.8) is 0 Å². The van der Waals surface area contributed by atoms with Gasteiger partial charge in [-0.2, -0.15) is 0 Å². The summed E-state index contributed by atoms with van der Waals surface area (Å²) in [5.41, 5.74) is 4.90. The molecule has 1 N–H and O–H groups in total. The number of hydrogen-bond acceptors (Lipinski definition) is 8. The highest BCUT2D eigenvalue weighted by Crippen LogP contribution is 2.31. The van der Waals surface area contributed by atoms with Gasteiger partial charge < -0.3 is 28.8 Å². The van der Waals surface area contributed by atoms with Crippen LogP contribution < -0.4 is 19.5 Å². The lowest BCUT2D eigenvalue weighted by molar-refractivity contribution is 0.0207. The first-order chi connectivity index (χ1) is 22.2.